The highest BCUT2D eigenvalue weighted by molar-refractivity contribution is 8.00. The summed E-state index contributed by atoms with van der Waals surface area (Å²) >= 11 is 2.62. The Bertz CT molecular complexity index is 1150. The fraction of sp³-hybridized carbons (Fsp3) is 0.238. The number of nitriles is 2. The number of thioether (sulfide) groups is 1. The van der Waals surface area contributed by atoms with E-state index < -0.39 is 0 Å². The third kappa shape index (κ3) is 4.01. The molecule has 0 bridgehead atoms. The van der Waals surface area contributed by atoms with Crippen molar-refractivity contribution < 1.29 is 4.79 Å². The molecule has 0 saturated heterocycles. The highest BCUT2D eigenvalue weighted by atomic mass is 32.2. The molecular formula is C21H18N4OS2. The summed E-state index contributed by atoms with van der Waals surface area (Å²) in [7, 11) is 0. The maximum Gasteiger partial charge on any atom is 0.235 e. The summed E-state index contributed by atoms with van der Waals surface area (Å²) in [6, 6.07) is 12.1. The van der Waals surface area contributed by atoms with Crippen molar-refractivity contribution in [3.05, 3.63) is 51.4 Å². The Morgan fingerprint density at radius 3 is 2.71 bits per heavy atom. The predicted octanol–water partition coefficient (Wildman–Crippen LogP) is 4.95. The molecule has 0 saturated carbocycles. The van der Waals surface area contributed by atoms with Gasteiger partial charge in [-0.1, -0.05) is 24.8 Å². The monoisotopic (exact) mass is 406 g/mol. The van der Waals surface area contributed by atoms with Gasteiger partial charge in [-0.15, -0.1) is 11.3 Å². The van der Waals surface area contributed by atoms with Gasteiger partial charge < -0.3 is 5.32 Å². The molecule has 2 heterocycles. The van der Waals surface area contributed by atoms with E-state index >= 15 is 0 Å². The van der Waals surface area contributed by atoms with Gasteiger partial charge in [0.1, 0.15) is 22.2 Å². The molecule has 1 aromatic carbocycles. The van der Waals surface area contributed by atoms with Crippen molar-refractivity contribution in [1.82, 2.24) is 4.98 Å². The third-order valence-electron chi connectivity index (χ3n) is 4.46. The van der Waals surface area contributed by atoms with Crippen molar-refractivity contribution in [2.24, 2.45) is 0 Å². The number of fused-ring (bicyclic) bond motifs is 1. The number of hydrogen-bond acceptors (Lipinski definition) is 6. The van der Waals surface area contributed by atoms with Gasteiger partial charge in [-0.2, -0.15) is 10.5 Å². The largest absolute Gasteiger partial charge is 0.316 e. The van der Waals surface area contributed by atoms with Gasteiger partial charge >= 0.3 is 0 Å². The molecule has 0 radical (unpaired) electrons. The van der Waals surface area contributed by atoms with Gasteiger partial charge in [-0.05, 0) is 49.6 Å². The minimum absolute atomic E-state index is 0.112. The number of thiophene rings is 1. The van der Waals surface area contributed by atoms with E-state index in [2.05, 4.69) is 29.4 Å². The van der Waals surface area contributed by atoms with E-state index in [1.807, 2.05) is 38.1 Å². The summed E-state index contributed by atoms with van der Waals surface area (Å²) in [5, 5.41) is 23.6. The first-order valence-corrected chi connectivity index (χ1v) is 10.5. The molecule has 0 atom stereocenters. The van der Waals surface area contributed by atoms with Gasteiger partial charge in [-0.25, -0.2) is 4.98 Å². The van der Waals surface area contributed by atoms with Crippen LogP contribution in [-0.2, 0) is 11.2 Å². The lowest BCUT2D eigenvalue weighted by atomic mass is 10.1. The molecular weight excluding hydrogens is 388 g/mol. The zero-order chi connectivity index (χ0) is 20.3. The molecule has 5 nitrogen and oxygen atoms in total. The number of carbonyl (C=O) groups excluding carboxylic acids is 1. The van der Waals surface area contributed by atoms with Crippen LogP contribution in [0.3, 0.4) is 0 Å². The van der Waals surface area contributed by atoms with E-state index in [4.69, 9.17) is 0 Å². The summed E-state index contributed by atoms with van der Waals surface area (Å²) in [4.78, 5) is 17.9. The Kier molecular flexibility index (Phi) is 5.99. The number of rotatable bonds is 5. The number of amides is 1. The summed E-state index contributed by atoms with van der Waals surface area (Å²) in [6.07, 6.45) is 0.918. The van der Waals surface area contributed by atoms with Crippen molar-refractivity contribution >= 4 is 44.9 Å². The van der Waals surface area contributed by atoms with Crippen LogP contribution in [-0.4, -0.2) is 16.6 Å². The van der Waals surface area contributed by atoms with Gasteiger partial charge in [0.2, 0.25) is 5.91 Å². The zero-order valence-corrected chi connectivity index (χ0v) is 17.4. The van der Waals surface area contributed by atoms with Gasteiger partial charge in [0.25, 0.3) is 0 Å². The minimum atomic E-state index is -0.227. The molecule has 140 valence electrons. The smallest absolute Gasteiger partial charge is 0.235 e. The maximum atomic E-state index is 12.4. The number of nitrogens with zero attached hydrogens (tertiary/aromatic N) is 3. The standard InChI is InChI=1S/C21H18N4OS2/c1-4-14-5-6-18-15(7-14)8-16(9-22)20(24-18)27-11-19(26)25-21-17(10-23)12(2)13(3)28-21/h5-8H,4,11H2,1-3H3,(H,25,26). The van der Waals surface area contributed by atoms with E-state index in [9.17, 15) is 15.3 Å². The number of hydrogen-bond donors (Lipinski definition) is 1. The first kappa shape index (κ1) is 19.9. The van der Waals surface area contributed by atoms with Gasteiger partial charge in [0.15, 0.2) is 0 Å². The fourth-order valence-corrected chi connectivity index (χ4v) is 4.55. The Hall–Kier alpha value is -2.87. The van der Waals surface area contributed by atoms with Crippen molar-refractivity contribution in [3.8, 4) is 12.1 Å². The van der Waals surface area contributed by atoms with E-state index in [1.165, 1.54) is 28.7 Å². The van der Waals surface area contributed by atoms with E-state index in [1.54, 1.807) is 0 Å². The molecule has 0 aliphatic rings. The number of anilines is 1. The first-order valence-electron chi connectivity index (χ1n) is 8.73. The normalized spacial score (nSPS) is 10.5. The van der Waals surface area contributed by atoms with Crippen LogP contribution in [0, 0.1) is 36.5 Å². The van der Waals surface area contributed by atoms with E-state index in [-0.39, 0.29) is 11.7 Å². The zero-order valence-electron chi connectivity index (χ0n) is 15.8. The van der Waals surface area contributed by atoms with Gasteiger partial charge in [0, 0.05) is 10.3 Å². The van der Waals surface area contributed by atoms with Crippen LogP contribution in [0.25, 0.3) is 10.9 Å². The topological polar surface area (TPSA) is 89.6 Å². The molecule has 0 aliphatic carbocycles. The SMILES string of the molecule is CCc1ccc2nc(SCC(=O)Nc3sc(C)c(C)c3C#N)c(C#N)cc2c1. The van der Waals surface area contributed by atoms with Crippen LogP contribution < -0.4 is 5.32 Å². The van der Waals surface area contributed by atoms with Crippen molar-refractivity contribution in [2.45, 2.75) is 32.2 Å². The number of benzene rings is 1. The van der Waals surface area contributed by atoms with Crippen LogP contribution in [0.2, 0.25) is 0 Å². The number of carbonyl (C=O) groups is 1. The fourth-order valence-electron chi connectivity index (χ4n) is 2.76. The Morgan fingerprint density at radius 1 is 1.25 bits per heavy atom. The molecule has 0 spiro atoms. The van der Waals surface area contributed by atoms with Crippen LogP contribution in [0.15, 0.2) is 29.3 Å². The Labute approximate surface area is 172 Å². The molecule has 0 aliphatic heterocycles. The minimum Gasteiger partial charge on any atom is -0.316 e. The van der Waals surface area contributed by atoms with Gasteiger partial charge in [-0.3, -0.25) is 4.79 Å². The highest BCUT2D eigenvalue weighted by Gasteiger charge is 2.16. The van der Waals surface area contributed by atoms with Crippen molar-refractivity contribution in [1.29, 1.82) is 10.5 Å². The summed E-state index contributed by atoms with van der Waals surface area (Å²) in [5.74, 6) is -0.115. The molecule has 28 heavy (non-hydrogen) atoms. The Balaban J connectivity index is 1.78. The molecule has 1 amide bonds. The molecule has 0 unspecified atom stereocenters. The lowest BCUT2D eigenvalue weighted by Crippen LogP contribution is -2.14. The molecule has 3 rings (SSSR count). The number of aryl methyl sites for hydroxylation is 2. The first-order chi connectivity index (χ1) is 13.5. The molecule has 2 aromatic heterocycles. The number of pyridine rings is 1. The van der Waals surface area contributed by atoms with Crippen LogP contribution in [0.4, 0.5) is 5.00 Å². The second-order valence-corrected chi connectivity index (χ2v) is 8.46. The second-order valence-electron chi connectivity index (χ2n) is 6.27. The average Bonchev–Trinajstić information content (AvgIpc) is 2.97. The van der Waals surface area contributed by atoms with E-state index in [0.29, 0.717) is 21.2 Å². The van der Waals surface area contributed by atoms with Crippen molar-refractivity contribution in [2.75, 3.05) is 11.1 Å². The molecule has 1 N–H and O–H groups in total. The highest BCUT2D eigenvalue weighted by Crippen LogP contribution is 2.32. The molecule has 3 aromatic rings. The Morgan fingerprint density at radius 2 is 2.04 bits per heavy atom. The van der Waals surface area contributed by atoms with Crippen LogP contribution in [0.5, 0.6) is 0 Å². The third-order valence-corrected chi connectivity index (χ3v) is 6.58. The average molecular weight is 407 g/mol. The van der Waals surface area contributed by atoms with E-state index in [0.717, 1.165) is 27.8 Å². The number of aromatic nitrogens is 1. The summed E-state index contributed by atoms with van der Waals surface area (Å²) < 4.78 is 0. The quantitative estimate of drug-likeness (QED) is 0.606. The maximum absolute atomic E-state index is 12.4. The lowest BCUT2D eigenvalue weighted by Gasteiger charge is -2.07. The van der Waals surface area contributed by atoms with Crippen molar-refractivity contribution in [3.63, 3.8) is 0 Å². The number of nitrogens with one attached hydrogen (secondary N) is 1. The summed E-state index contributed by atoms with van der Waals surface area (Å²) in [5.41, 5.74) is 3.85. The molecule has 0 fully saturated rings. The van der Waals surface area contributed by atoms with Crippen LogP contribution in [0.1, 0.15) is 34.1 Å². The lowest BCUT2D eigenvalue weighted by molar-refractivity contribution is -0.113. The van der Waals surface area contributed by atoms with Crippen LogP contribution >= 0.6 is 23.1 Å². The predicted molar refractivity (Wildman–Crippen MR) is 114 cm³/mol. The summed E-state index contributed by atoms with van der Waals surface area (Å²) in [6.45, 7) is 5.88. The second kappa shape index (κ2) is 8.43. The molecule has 7 heteroatoms. The van der Waals surface area contributed by atoms with Gasteiger partial charge in [0.05, 0.1) is 22.4 Å².